The lowest BCUT2D eigenvalue weighted by molar-refractivity contribution is -0.0819. The molecule has 7 aromatic rings. The summed E-state index contributed by atoms with van der Waals surface area (Å²) >= 11 is 0. The highest BCUT2D eigenvalue weighted by molar-refractivity contribution is 6.02. The smallest absolute Gasteiger partial charge is 0.416 e. The van der Waals surface area contributed by atoms with Crippen molar-refractivity contribution in [3.63, 3.8) is 0 Å². The summed E-state index contributed by atoms with van der Waals surface area (Å²) < 4.78 is 26.3. The molecule has 2 N–H and O–H groups in total. The van der Waals surface area contributed by atoms with E-state index in [1.807, 2.05) is 102 Å². The minimum Gasteiger partial charge on any atom is -0.497 e. The molecule has 0 aliphatic carbocycles. The van der Waals surface area contributed by atoms with E-state index in [1.54, 1.807) is 56.9 Å². The highest BCUT2D eigenvalue weighted by Gasteiger charge is 2.39. The molecular weight excluding hydrogens is 797 g/mol. The number of nitrogens with zero attached hydrogens (tertiary/aromatic N) is 6. The second kappa shape index (κ2) is 19.9. The van der Waals surface area contributed by atoms with Gasteiger partial charge in [0.15, 0.2) is 5.65 Å². The van der Waals surface area contributed by atoms with Crippen molar-refractivity contribution in [2.24, 2.45) is 0 Å². The number of carbonyl (C=O) groups is 1. The quantitative estimate of drug-likeness (QED) is 0.0752. The van der Waals surface area contributed by atoms with E-state index in [4.69, 9.17) is 33.9 Å². The molecule has 13 nitrogen and oxygen atoms in total. The molecule has 0 bridgehead atoms. The van der Waals surface area contributed by atoms with Crippen molar-refractivity contribution in [1.29, 1.82) is 0 Å². The molecule has 13 heteroatoms. The number of rotatable bonds is 19. The molecule has 5 aromatic carbocycles. The third-order valence-corrected chi connectivity index (χ3v) is 10.9. The van der Waals surface area contributed by atoms with Crippen molar-refractivity contribution in [3.8, 4) is 22.8 Å². The molecule has 7 rings (SSSR count). The van der Waals surface area contributed by atoms with Crippen LogP contribution >= 0.6 is 0 Å². The molecule has 2 heterocycles. The second-order valence-electron chi connectivity index (χ2n) is 15.5. The summed E-state index contributed by atoms with van der Waals surface area (Å²) in [5.41, 5.74) is 4.59. The Labute approximate surface area is 368 Å². The first kappa shape index (κ1) is 44.3. The molecule has 1 atom stereocenters. The van der Waals surface area contributed by atoms with Crippen LogP contribution in [-0.4, -0.2) is 88.1 Å². The Morgan fingerprint density at radius 3 is 1.84 bits per heavy atom. The van der Waals surface area contributed by atoms with E-state index in [9.17, 15) is 15.0 Å². The highest BCUT2D eigenvalue weighted by atomic mass is 16.6. The highest BCUT2D eigenvalue weighted by Crippen LogP contribution is 2.42. The third-order valence-electron chi connectivity index (χ3n) is 10.9. The Morgan fingerprint density at radius 1 is 0.730 bits per heavy atom. The van der Waals surface area contributed by atoms with Gasteiger partial charge in [-0.05, 0) is 86.8 Å². The predicted octanol–water partition coefficient (Wildman–Crippen LogP) is 9.34. The molecule has 0 saturated carbocycles. The summed E-state index contributed by atoms with van der Waals surface area (Å²) in [4.78, 5) is 31.3. The van der Waals surface area contributed by atoms with E-state index in [0.29, 0.717) is 57.8 Å². The van der Waals surface area contributed by atoms with Gasteiger partial charge in [0.2, 0.25) is 5.95 Å². The Morgan fingerprint density at radius 2 is 1.29 bits per heavy atom. The zero-order valence-electron chi connectivity index (χ0n) is 36.5. The van der Waals surface area contributed by atoms with E-state index in [2.05, 4.69) is 32.6 Å². The first-order valence-corrected chi connectivity index (χ1v) is 21.0. The lowest BCUT2D eigenvalue weighted by atomic mass is 9.80. The Bertz CT molecular complexity index is 2510. The van der Waals surface area contributed by atoms with Gasteiger partial charge in [0.1, 0.15) is 34.4 Å². The number of carboxylic acid groups (broad SMARTS) is 1. The SMILES string of the molecule is COc1ccc(C(OCC(CO)OCCn2cnc3c(-c4ccccc4N(C(=O)O)c4ccccc4)nc(N(C(C)C)C(C)C)nc32)(c2ccccc2)c2ccc(OC)cc2)cc1. The van der Waals surface area contributed by atoms with Crippen LogP contribution in [0.25, 0.3) is 22.4 Å². The van der Waals surface area contributed by atoms with E-state index >= 15 is 0 Å². The molecule has 326 valence electrons. The molecular formula is C50H54N6O7. The van der Waals surface area contributed by atoms with Crippen LogP contribution in [-0.2, 0) is 21.6 Å². The number of fused-ring (bicyclic) bond motifs is 1. The average molecular weight is 851 g/mol. The summed E-state index contributed by atoms with van der Waals surface area (Å²) in [6.07, 6.45) is -0.147. The Hall–Kier alpha value is -6.80. The fourth-order valence-corrected chi connectivity index (χ4v) is 8.02. The number of methoxy groups -OCH3 is 2. The lowest BCUT2D eigenvalue weighted by Gasteiger charge is -2.37. The van der Waals surface area contributed by atoms with Crippen LogP contribution in [0.2, 0.25) is 0 Å². The minimum absolute atomic E-state index is 0.0423. The summed E-state index contributed by atoms with van der Waals surface area (Å²) in [6.45, 7) is 8.60. The minimum atomic E-state index is -1.13. The zero-order chi connectivity index (χ0) is 44.5. The molecule has 1 unspecified atom stereocenters. The summed E-state index contributed by atoms with van der Waals surface area (Å²) in [5.74, 6) is 1.91. The molecule has 2 aromatic heterocycles. The molecule has 0 fully saturated rings. The second-order valence-corrected chi connectivity index (χ2v) is 15.5. The first-order valence-electron chi connectivity index (χ1n) is 21.0. The van der Waals surface area contributed by atoms with Gasteiger partial charge in [0.25, 0.3) is 0 Å². The monoisotopic (exact) mass is 850 g/mol. The van der Waals surface area contributed by atoms with Gasteiger partial charge in [-0.1, -0.05) is 91.0 Å². The van der Waals surface area contributed by atoms with Crippen molar-refractivity contribution < 1.29 is 34.0 Å². The number of imidazole rings is 1. The van der Waals surface area contributed by atoms with Crippen molar-refractivity contribution in [2.75, 3.05) is 43.8 Å². The van der Waals surface area contributed by atoms with Crippen LogP contribution in [0.3, 0.4) is 0 Å². The van der Waals surface area contributed by atoms with Crippen LogP contribution < -0.4 is 19.3 Å². The first-order chi connectivity index (χ1) is 30.6. The number of para-hydroxylation sites is 2. The van der Waals surface area contributed by atoms with Crippen molar-refractivity contribution >= 4 is 34.6 Å². The number of hydrogen-bond acceptors (Lipinski definition) is 10. The number of amides is 1. The largest absolute Gasteiger partial charge is 0.497 e. The zero-order valence-corrected chi connectivity index (χ0v) is 36.5. The number of aliphatic hydroxyl groups is 1. The topological polar surface area (TPSA) is 145 Å². The molecule has 0 spiro atoms. The van der Waals surface area contributed by atoms with Crippen LogP contribution in [0.4, 0.5) is 22.1 Å². The van der Waals surface area contributed by atoms with Crippen LogP contribution in [0.15, 0.2) is 140 Å². The maximum absolute atomic E-state index is 12.9. The van der Waals surface area contributed by atoms with Gasteiger partial charge in [-0.15, -0.1) is 0 Å². The van der Waals surface area contributed by atoms with Crippen LogP contribution in [0.1, 0.15) is 44.4 Å². The Balaban J connectivity index is 1.21. The molecule has 0 aliphatic heterocycles. The number of aliphatic hydroxyl groups excluding tert-OH is 1. The van der Waals surface area contributed by atoms with E-state index < -0.39 is 17.8 Å². The summed E-state index contributed by atoms with van der Waals surface area (Å²) in [6, 6.07) is 41.9. The molecule has 0 saturated heterocycles. The summed E-state index contributed by atoms with van der Waals surface area (Å²) in [5, 5.41) is 21.3. The van der Waals surface area contributed by atoms with Crippen molar-refractivity contribution in [1.82, 2.24) is 19.5 Å². The number of aromatic nitrogens is 4. The number of hydrogen-bond donors (Lipinski definition) is 2. The van der Waals surface area contributed by atoms with Gasteiger partial charge in [0.05, 0.1) is 51.7 Å². The predicted molar refractivity (Wildman–Crippen MR) is 245 cm³/mol. The van der Waals surface area contributed by atoms with Gasteiger partial charge < -0.3 is 38.6 Å². The Kier molecular flexibility index (Phi) is 14.0. The molecule has 0 aliphatic rings. The lowest BCUT2D eigenvalue weighted by Crippen LogP contribution is -2.38. The number of ether oxygens (including phenoxy) is 4. The molecule has 63 heavy (non-hydrogen) atoms. The van der Waals surface area contributed by atoms with E-state index in [1.165, 1.54) is 4.90 Å². The van der Waals surface area contributed by atoms with Gasteiger partial charge in [-0.2, -0.15) is 4.98 Å². The average Bonchev–Trinajstić information content (AvgIpc) is 3.72. The van der Waals surface area contributed by atoms with Gasteiger partial charge in [0, 0.05) is 24.2 Å². The van der Waals surface area contributed by atoms with E-state index in [-0.39, 0.29) is 31.9 Å². The van der Waals surface area contributed by atoms with E-state index in [0.717, 1.165) is 16.7 Å². The summed E-state index contributed by atoms with van der Waals surface area (Å²) in [7, 11) is 3.26. The molecule has 0 radical (unpaired) electrons. The van der Waals surface area contributed by atoms with Gasteiger partial charge >= 0.3 is 6.09 Å². The maximum Gasteiger partial charge on any atom is 0.416 e. The van der Waals surface area contributed by atoms with Gasteiger partial charge in [-0.3, -0.25) is 0 Å². The third kappa shape index (κ3) is 9.36. The normalized spacial score (nSPS) is 12.1. The fourth-order valence-electron chi connectivity index (χ4n) is 8.02. The number of anilines is 3. The van der Waals surface area contributed by atoms with Crippen LogP contribution in [0.5, 0.6) is 11.5 Å². The van der Waals surface area contributed by atoms with Crippen molar-refractivity contribution in [3.05, 3.63) is 156 Å². The van der Waals surface area contributed by atoms with Crippen molar-refractivity contribution in [2.45, 2.75) is 58.0 Å². The standard InChI is InChI=1S/C50H54N6O7/c1-34(2)55(35(3)4)48-52-45(43-19-13-14-20-44(43)56(49(58)59)39-17-11-8-12-18-39)46-47(53-48)54(33-51-46)29-30-62-42(31-57)32-63-50(36-15-9-7-10-16-36,37-21-25-40(60-5)26-22-37)38-23-27-41(61-6)28-24-38/h7-28,33-35,42,57H,29-32H2,1-6H3,(H,58,59). The molecule has 1 amide bonds. The van der Waals surface area contributed by atoms with Crippen LogP contribution in [0, 0.1) is 0 Å². The fraction of sp³-hybridized carbons (Fsp3) is 0.280. The number of benzene rings is 5. The van der Waals surface area contributed by atoms with Gasteiger partial charge in [-0.25, -0.2) is 19.7 Å². The maximum atomic E-state index is 12.9.